The molecule has 0 bridgehead atoms. The molecule has 130 valence electrons. The van der Waals surface area contributed by atoms with Gasteiger partial charge >= 0.3 is 0 Å². The normalized spacial score (nSPS) is 24.7. The van der Waals surface area contributed by atoms with Crippen LogP contribution in [0.5, 0.6) is 0 Å². The molecule has 0 amide bonds. The first-order valence-electron chi connectivity index (χ1n) is 8.23. The van der Waals surface area contributed by atoms with Gasteiger partial charge in [-0.05, 0) is 33.4 Å². The maximum atomic E-state index is 5.28. The van der Waals surface area contributed by atoms with Crippen molar-refractivity contribution in [1.82, 2.24) is 15.1 Å². The van der Waals surface area contributed by atoms with Crippen LogP contribution in [0.15, 0.2) is 4.99 Å². The van der Waals surface area contributed by atoms with Crippen molar-refractivity contribution in [1.29, 1.82) is 0 Å². The van der Waals surface area contributed by atoms with Gasteiger partial charge in [0, 0.05) is 45.2 Å². The summed E-state index contributed by atoms with van der Waals surface area (Å²) < 4.78 is 5.28. The number of rotatable bonds is 5. The molecular formula is C16H33IN4O. The average Bonchev–Trinajstić information content (AvgIpc) is 3.10. The van der Waals surface area contributed by atoms with E-state index in [1.165, 1.54) is 32.1 Å². The molecule has 1 unspecified atom stereocenters. The Bertz CT molecular complexity index is 356. The lowest BCUT2D eigenvalue weighted by atomic mass is 9.96. The Hall–Kier alpha value is -0.0800. The number of hydrogen-bond acceptors (Lipinski definition) is 3. The fraction of sp³-hybridized carbons (Fsp3) is 0.938. The van der Waals surface area contributed by atoms with Crippen molar-refractivity contribution in [3.8, 4) is 0 Å². The van der Waals surface area contributed by atoms with E-state index in [0.717, 1.165) is 32.2 Å². The molecule has 0 aromatic carbocycles. The maximum Gasteiger partial charge on any atom is 0.193 e. The van der Waals surface area contributed by atoms with Crippen molar-refractivity contribution in [3.63, 3.8) is 0 Å². The van der Waals surface area contributed by atoms with Crippen LogP contribution in [0.2, 0.25) is 0 Å². The Morgan fingerprint density at radius 1 is 1.36 bits per heavy atom. The van der Waals surface area contributed by atoms with E-state index in [4.69, 9.17) is 4.74 Å². The number of aliphatic imine (C=N–C) groups is 1. The summed E-state index contributed by atoms with van der Waals surface area (Å²) in [4.78, 5) is 9.27. The van der Waals surface area contributed by atoms with Crippen LogP contribution >= 0.6 is 24.0 Å². The molecule has 1 aliphatic carbocycles. The average molecular weight is 424 g/mol. The zero-order valence-electron chi connectivity index (χ0n) is 14.6. The van der Waals surface area contributed by atoms with Gasteiger partial charge in [-0.15, -0.1) is 24.0 Å². The SMILES string of the molecule is CN=C(NCC1(N(C)C)CCCC1)N1CCC(COC)C1.I. The minimum atomic E-state index is 0. The summed E-state index contributed by atoms with van der Waals surface area (Å²) in [6, 6.07) is 0. The van der Waals surface area contributed by atoms with E-state index in [0.29, 0.717) is 11.5 Å². The number of methoxy groups -OCH3 is 1. The van der Waals surface area contributed by atoms with Gasteiger partial charge in [-0.3, -0.25) is 4.99 Å². The van der Waals surface area contributed by atoms with Crippen molar-refractivity contribution < 1.29 is 4.74 Å². The molecule has 2 rings (SSSR count). The van der Waals surface area contributed by atoms with Crippen LogP contribution in [0.1, 0.15) is 32.1 Å². The molecule has 1 saturated carbocycles. The number of hydrogen-bond donors (Lipinski definition) is 1. The number of guanidine groups is 1. The van der Waals surface area contributed by atoms with Gasteiger partial charge in [-0.1, -0.05) is 12.8 Å². The predicted octanol–water partition coefficient (Wildman–Crippen LogP) is 2.02. The van der Waals surface area contributed by atoms with E-state index in [1.54, 1.807) is 7.11 Å². The second-order valence-corrected chi connectivity index (χ2v) is 6.78. The highest BCUT2D eigenvalue weighted by atomic mass is 127. The summed E-state index contributed by atoms with van der Waals surface area (Å²) in [5, 5.41) is 3.63. The van der Waals surface area contributed by atoms with Crippen LogP contribution in [-0.2, 0) is 4.74 Å². The topological polar surface area (TPSA) is 40.1 Å². The first-order chi connectivity index (χ1) is 10.1. The molecule has 1 N–H and O–H groups in total. The number of likely N-dealkylation sites (N-methyl/N-ethyl adjacent to an activating group) is 1. The fourth-order valence-electron chi connectivity index (χ4n) is 3.79. The first-order valence-corrected chi connectivity index (χ1v) is 8.23. The highest BCUT2D eigenvalue weighted by molar-refractivity contribution is 14.0. The van der Waals surface area contributed by atoms with Crippen LogP contribution in [0.25, 0.3) is 0 Å². The quantitative estimate of drug-likeness (QED) is 0.417. The lowest BCUT2D eigenvalue weighted by Gasteiger charge is -2.37. The van der Waals surface area contributed by atoms with E-state index in [-0.39, 0.29) is 24.0 Å². The molecule has 0 spiro atoms. The predicted molar refractivity (Wildman–Crippen MR) is 103 cm³/mol. The minimum absolute atomic E-state index is 0. The molecule has 0 aromatic heterocycles. The largest absolute Gasteiger partial charge is 0.384 e. The van der Waals surface area contributed by atoms with Gasteiger partial charge in [0.1, 0.15) is 0 Å². The van der Waals surface area contributed by atoms with Crippen LogP contribution in [-0.4, -0.2) is 75.8 Å². The first kappa shape index (κ1) is 20.0. The summed E-state index contributed by atoms with van der Waals surface area (Å²) >= 11 is 0. The van der Waals surface area contributed by atoms with E-state index in [2.05, 4.69) is 34.2 Å². The summed E-state index contributed by atoms with van der Waals surface area (Å²) in [6.07, 6.45) is 6.47. The Balaban J connectivity index is 0.00000242. The third-order valence-corrected chi connectivity index (χ3v) is 5.26. The molecule has 2 fully saturated rings. The third-order valence-electron chi connectivity index (χ3n) is 5.26. The highest BCUT2D eigenvalue weighted by Crippen LogP contribution is 2.33. The molecule has 1 heterocycles. The van der Waals surface area contributed by atoms with Crippen molar-refractivity contribution >= 4 is 29.9 Å². The molecule has 1 aliphatic heterocycles. The van der Waals surface area contributed by atoms with Gasteiger partial charge in [0.2, 0.25) is 0 Å². The highest BCUT2D eigenvalue weighted by Gasteiger charge is 2.36. The lowest BCUT2D eigenvalue weighted by molar-refractivity contribution is 0.155. The van der Waals surface area contributed by atoms with Gasteiger partial charge in [0.15, 0.2) is 5.96 Å². The van der Waals surface area contributed by atoms with Crippen molar-refractivity contribution in [2.75, 3.05) is 54.5 Å². The number of halogens is 1. The monoisotopic (exact) mass is 424 g/mol. The van der Waals surface area contributed by atoms with Crippen LogP contribution < -0.4 is 5.32 Å². The number of likely N-dealkylation sites (tertiary alicyclic amines) is 1. The summed E-state index contributed by atoms with van der Waals surface area (Å²) in [5.41, 5.74) is 0.307. The van der Waals surface area contributed by atoms with E-state index in [1.807, 2.05) is 7.05 Å². The molecule has 2 aliphatic rings. The molecular weight excluding hydrogens is 391 g/mol. The van der Waals surface area contributed by atoms with Crippen molar-refractivity contribution in [2.24, 2.45) is 10.9 Å². The second-order valence-electron chi connectivity index (χ2n) is 6.78. The van der Waals surface area contributed by atoms with Crippen LogP contribution in [0.4, 0.5) is 0 Å². The van der Waals surface area contributed by atoms with E-state index >= 15 is 0 Å². The van der Waals surface area contributed by atoms with Gasteiger partial charge in [0.05, 0.1) is 6.61 Å². The fourth-order valence-corrected chi connectivity index (χ4v) is 3.79. The van der Waals surface area contributed by atoms with Crippen molar-refractivity contribution in [2.45, 2.75) is 37.6 Å². The summed E-state index contributed by atoms with van der Waals surface area (Å²) in [5.74, 6) is 1.70. The van der Waals surface area contributed by atoms with Gasteiger partial charge in [-0.2, -0.15) is 0 Å². The molecule has 5 nitrogen and oxygen atoms in total. The zero-order chi connectivity index (χ0) is 15.3. The van der Waals surface area contributed by atoms with Crippen molar-refractivity contribution in [3.05, 3.63) is 0 Å². The standard InChI is InChI=1S/C16H32N4O.HI/c1-17-15(20-10-7-14(11-20)12-21-4)18-13-16(19(2)3)8-5-6-9-16;/h14H,5-13H2,1-4H3,(H,17,18);1H. The Morgan fingerprint density at radius 3 is 2.59 bits per heavy atom. The number of nitrogens with zero attached hydrogens (tertiary/aromatic N) is 3. The number of ether oxygens (including phenoxy) is 1. The van der Waals surface area contributed by atoms with Crippen LogP contribution in [0.3, 0.4) is 0 Å². The molecule has 22 heavy (non-hydrogen) atoms. The van der Waals surface area contributed by atoms with Gasteiger partial charge in [0.25, 0.3) is 0 Å². The summed E-state index contributed by atoms with van der Waals surface area (Å²) in [6.45, 7) is 4.00. The second kappa shape index (κ2) is 9.27. The Morgan fingerprint density at radius 2 is 2.05 bits per heavy atom. The minimum Gasteiger partial charge on any atom is -0.384 e. The maximum absolute atomic E-state index is 5.28. The smallest absolute Gasteiger partial charge is 0.193 e. The van der Waals surface area contributed by atoms with Gasteiger partial charge < -0.3 is 19.9 Å². The number of nitrogens with one attached hydrogen (secondary N) is 1. The lowest BCUT2D eigenvalue weighted by Crippen LogP contribution is -2.53. The van der Waals surface area contributed by atoms with Gasteiger partial charge in [-0.25, -0.2) is 0 Å². The molecule has 1 atom stereocenters. The zero-order valence-corrected chi connectivity index (χ0v) is 16.9. The summed E-state index contributed by atoms with van der Waals surface area (Å²) in [7, 11) is 8.10. The third kappa shape index (κ3) is 4.71. The van der Waals surface area contributed by atoms with E-state index < -0.39 is 0 Å². The molecule has 6 heteroatoms. The van der Waals surface area contributed by atoms with E-state index in [9.17, 15) is 0 Å². The molecule has 0 radical (unpaired) electrons. The Kier molecular flexibility index (Phi) is 8.42. The molecule has 1 saturated heterocycles. The van der Waals surface area contributed by atoms with Crippen LogP contribution in [0, 0.1) is 5.92 Å². The Labute approximate surface area is 152 Å². The molecule has 0 aromatic rings.